The Hall–Kier alpha value is -0.640. The fraction of sp³-hybridized carbons (Fsp3) is 0.333. The molecule has 0 saturated carbocycles. The van der Waals surface area contributed by atoms with Crippen LogP contribution < -0.4 is 0 Å². The van der Waals surface area contributed by atoms with Gasteiger partial charge in [-0.1, -0.05) is 24.3 Å². The van der Waals surface area contributed by atoms with Gasteiger partial charge in [0.05, 0.1) is 5.54 Å². The molecule has 0 heterocycles. The summed E-state index contributed by atoms with van der Waals surface area (Å²) in [4.78, 5) is 0. The van der Waals surface area contributed by atoms with E-state index in [4.69, 9.17) is 11.6 Å². The van der Waals surface area contributed by atoms with Crippen molar-refractivity contribution >= 4 is 11.6 Å². The number of hydrogen-bond donors (Lipinski definition) is 0. The Morgan fingerprint density at radius 3 is 2.36 bits per heavy atom. The van der Waals surface area contributed by atoms with Crippen molar-refractivity contribution in [1.29, 1.82) is 0 Å². The molecule has 11 heavy (non-hydrogen) atoms. The molecule has 0 aromatic heterocycles. The summed E-state index contributed by atoms with van der Waals surface area (Å²) >= 11 is 4.85. The standard InChI is InChI=1S/C6H6ClF3O/c1-2-3-11-5(4-7)6(8,9)10/h2,4H,1,3H2/b5-4-. The van der Waals surface area contributed by atoms with Gasteiger partial charge in [-0.25, -0.2) is 0 Å². The van der Waals surface area contributed by atoms with E-state index in [0.717, 1.165) is 0 Å². The van der Waals surface area contributed by atoms with E-state index in [0.29, 0.717) is 5.54 Å². The molecule has 64 valence electrons. The number of alkyl halides is 3. The number of halogens is 4. The first kappa shape index (κ1) is 10.4. The Bertz CT molecular complexity index is 162. The van der Waals surface area contributed by atoms with E-state index in [1.165, 1.54) is 6.08 Å². The van der Waals surface area contributed by atoms with Gasteiger partial charge in [0.25, 0.3) is 0 Å². The van der Waals surface area contributed by atoms with Crippen LogP contribution in [0.1, 0.15) is 0 Å². The van der Waals surface area contributed by atoms with Crippen molar-refractivity contribution in [2.24, 2.45) is 0 Å². The molecule has 0 aliphatic rings. The van der Waals surface area contributed by atoms with E-state index in [9.17, 15) is 13.2 Å². The summed E-state index contributed by atoms with van der Waals surface area (Å²) < 4.78 is 39.4. The fourth-order valence-corrected chi connectivity index (χ4v) is 0.511. The normalized spacial score (nSPS) is 12.9. The van der Waals surface area contributed by atoms with Gasteiger partial charge >= 0.3 is 6.18 Å². The van der Waals surface area contributed by atoms with Crippen LogP contribution in [-0.4, -0.2) is 12.8 Å². The molecule has 0 rings (SSSR count). The molecule has 0 atom stereocenters. The van der Waals surface area contributed by atoms with Gasteiger partial charge in [0.2, 0.25) is 5.76 Å². The van der Waals surface area contributed by atoms with Crippen molar-refractivity contribution in [3.63, 3.8) is 0 Å². The van der Waals surface area contributed by atoms with Crippen LogP contribution in [0.15, 0.2) is 23.9 Å². The minimum absolute atomic E-state index is 0.210. The Morgan fingerprint density at radius 1 is 1.55 bits per heavy atom. The van der Waals surface area contributed by atoms with Crippen LogP contribution in [0.25, 0.3) is 0 Å². The highest BCUT2D eigenvalue weighted by Crippen LogP contribution is 2.26. The second-order valence-corrected chi connectivity index (χ2v) is 1.79. The molecule has 0 bridgehead atoms. The lowest BCUT2D eigenvalue weighted by atomic mass is 10.5. The fourth-order valence-electron chi connectivity index (χ4n) is 0.324. The zero-order valence-electron chi connectivity index (χ0n) is 5.49. The first-order chi connectivity index (χ1) is 5.02. The quantitative estimate of drug-likeness (QED) is 0.487. The molecular weight excluding hydrogens is 181 g/mol. The summed E-state index contributed by atoms with van der Waals surface area (Å²) in [6.45, 7) is 2.98. The Balaban J connectivity index is 4.09. The molecule has 0 saturated heterocycles. The minimum atomic E-state index is -4.52. The maximum atomic E-state index is 11.7. The molecule has 0 unspecified atom stereocenters. The highest BCUT2D eigenvalue weighted by atomic mass is 35.5. The highest BCUT2D eigenvalue weighted by Gasteiger charge is 2.35. The summed E-state index contributed by atoms with van der Waals surface area (Å²) in [5.41, 5.74) is 0.351. The predicted octanol–water partition coefficient (Wildman–Crippen LogP) is 2.83. The van der Waals surface area contributed by atoms with E-state index < -0.39 is 11.9 Å². The van der Waals surface area contributed by atoms with E-state index in [-0.39, 0.29) is 6.61 Å². The molecule has 1 nitrogen and oxygen atoms in total. The molecule has 0 amide bonds. The summed E-state index contributed by atoms with van der Waals surface area (Å²) in [6.07, 6.45) is -3.32. The highest BCUT2D eigenvalue weighted by molar-refractivity contribution is 6.25. The van der Waals surface area contributed by atoms with Gasteiger partial charge in [0.1, 0.15) is 6.61 Å². The monoisotopic (exact) mass is 186 g/mol. The van der Waals surface area contributed by atoms with Gasteiger partial charge in [0, 0.05) is 0 Å². The number of hydrogen-bond acceptors (Lipinski definition) is 1. The first-order valence-corrected chi connectivity index (χ1v) is 3.07. The van der Waals surface area contributed by atoms with E-state index >= 15 is 0 Å². The third kappa shape index (κ3) is 3.93. The molecule has 0 radical (unpaired) electrons. The molecule has 0 spiro atoms. The van der Waals surface area contributed by atoms with Gasteiger partial charge in [-0.15, -0.1) is 0 Å². The lowest BCUT2D eigenvalue weighted by Crippen LogP contribution is -2.14. The molecule has 5 heteroatoms. The lowest BCUT2D eigenvalue weighted by molar-refractivity contribution is -0.128. The van der Waals surface area contributed by atoms with Crippen molar-refractivity contribution in [3.8, 4) is 0 Å². The lowest BCUT2D eigenvalue weighted by Gasteiger charge is -2.09. The average Bonchev–Trinajstić information content (AvgIpc) is 1.87. The van der Waals surface area contributed by atoms with Crippen LogP contribution in [-0.2, 0) is 4.74 Å². The van der Waals surface area contributed by atoms with Crippen molar-refractivity contribution < 1.29 is 17.9 Å². The Kier molecular flexibility index (Phi) is 4.03. The summed E-state index contributed by atoms with van der Waals surface area (Å²) in [5, 5.41) is 0. The Labute approximate surface area is 67.1 Å². The summed E-state index contributed by atoms with van der Waals surface area (Å²) in [5.74, 6) is -1.21. The molecule has 0 aliphatic carbocycles. The zero-order valence-corrected chi connectivity index (χ0v) is 6.24. The third-order valence-corrected chi connectivity index (χ3v) is 0.933. The molecule has 0 fully saturated rings. The van der Waals surface area contributed by atoms with Crippen LogP contribution in [0.2, 0.25) is 0 Å². The topological polar surface area (TPSA) is 9.23 Å². The first-order valence-electron chi connectivity index (χ1n) is 2.63. The SMILES string of the molecule is C=CCO/C(=C\Cl)C(F)(F)F. The van der Waals surface area contributed by atoms with Crippen LogP contribution in [0.5, 0.6) is 0 Å². The second kappa shape index (κ2) is 4.28. The van der Waals surface area contributed by atoms with Gasteiger partial charge in [-0.2, -0.15) is 13.2 Å². The molecule has 0 aromatic rings. The van der Waals surface area contributed by atoms with Gasteiger partial charge < -0.3 is 4.74 Å². The maximum absolute atomic E-state index is 11.7. The third-order valence-electron chi connectivity index (χ3n) is 0.735. The smallest absolute Gasteiger partial charge is 0.449 e. The van der Waals surface area contributed by atoms with Crippen LogP contribution >= 0.6 is 11.6 Å². The van der Waals surface area contributed by atoms with E-state index in [1.807, 2.05) is 0 Å². The van der Waals surface area contributed by atoms with E-state index in [1.54, 1.807) is 0 Å². The molecule has 0 aliphatic heterocycles. The molecule has 0 N–H and O–H groups in total. The number of allylic oxidation sites excluding steroid dienone is 1. The summed E-state index contributed by atoms with van der Waals surface area (Å²) in [6, 6.07) is 0. The second-order valence-electron chi connectivity index (χ2n) is 1.57. The number of rotatable bonds is 3. The van der Waals surface area contributed by atoms with Gasteiger partial charge in [-0.05, 0) is 0 Å². The maximum Gasteiger partial charge on any atom is 0.449 e. The van der Waals surface area contributed by atoms with Crippen LogP contribution in [0, 0.1) is 0 Å². The largest absolute Gasteiger partial charge is 0.484 e. The zero-order chi connectivity index (χ0) is 8.91. The Morgan fingerprint density at radius 2 is 2.09 bits per heavy atom. The van der Waals surface area contributed by atoms with Crippen molar-refractivity contribution in [3.05, 3.63) is 23.9 Å². The average molecular weight is 187 g/mol. The number of ether oxygens (including phenoxy) is 1. The minimum Gasteiger partial charge on any atom is -0.484 e. The molecular formula is C6H6ClF3O. The van der Waals surface area contributed by atoms with Crippen LogP contribution in [0.3, 0.4) is 0 Å². The summed E-state index contributed by atoms with van der Waals surface area (Å²) in [7, 11) is 0. The van der Waals surface area contributed by atoms with Crippen molar-refractivity contribution in [1.82, 2.24) is 0 Å². The van der Waals surface area contributed by atoms with Gasteiger partial charge in [-0.3, -0.25) is 0 Å². The van der Waals surface area contributed by atoms with E-state index in [2.05, 4.69) is 11.3 Å². The molecule has 0 aromatic carbocycles. The van der Waals surface area contributed by atoms with Gasteiger partial charge in [0.15, 0.2) is 0 Å². The van der Waals surface area contributed by atoms with Crippen LogP contribution in [0.4, 0.5) is 13.2 Å². The van der Waals surface area contributed by atoms with Crippen molar-refractivity contribution in [2.75, 3.05) is 6.61 Å². The van der Waals surface area contributed by atoms with Crippen molar-refractivity contribution in [2.45, 2.75) is 6.18 Å². The predicted molar refractivity (Wildman–Crippen MR) is 36.1 cm³/mol.